The number of aldehydes is 1. The second kappa shape index (κ2) is 6.80. The number of hydrogen-bond donors (Lipinski definition) is 0. The molecule has 17 heavy (non-hydrogen) atoms. The quantitative estimate of drug-likeness (QED) is 0.622. The van der Waals surface area contributed by atoms with Crippen LogP contribution >= 0.6 is 0 Å². The zero-order valence-electron chi connectivity index (χ0n) is 10.1. The average molecular weight is 239 g/mol. The third-order valence-electron chi connectivity index (χ3n) is 2.39. The summed E-state index contributed by atoms with van der Waals surface area (Å²) in [7, 11) is 3.49. The third-order valence-corrected chi connectivity index (χ3v) is 2.39. The topological polar surface area (TPSA) is 64.4 Å². The van der Waals surface area contributed by atoms with Crippen molar-refractivity contribution in [2.24, 2.45) is 0 Å². The van der Waals surface area contributed by atoms with E-state index < -0.39 is 0 Å². The molecule has 0 aliphatic rings. The molecular weight excluding hydrogens is 222 g/mol. The summed E-state index contributed by atoms with van der Waals surface area (Å²) in [5, 5.41) is 4.01. The van der Waals surface area contributed by atoms with Crippen molar-refractivity contribution >= 4 is 12.0 Å². The van der Waals surface area contributed by atoms with Gasteiger partial charge in [0.1, 0.15) is 6.29 Å². The molecule has 94 valence electrons. The Labute approximate surface area is 99.8 Å². The fraction of sp³-hybridized carbons (Fsp3) is 0.545. The molecule has 0 aliphatic carbocycles. The Balaban J connectivity index is 2.73. The molecule has 1 aromatic rings. The zero-order chi connectivity index (χ0) is 12.7. The minimum atomic E-state index is -0.200. The van der Waals surface area contributed by atoms with Crippen molar-refractivity contribution in [1.29, 1.82) is 0 Å². The summed E-state index contributed by atoms with van der Waals surface area (Å²) in [6.45, 7) is 1.60. The number of rotatable bonds is 7. The molecule has 0 amide bonds. The molecule has 0 saturated carbocycles. The minimum Gasteiger partial charge on any atom is -0.383 e. The summed E-state index contributed by atoms with van der Waals surface area (Å²) in [6.07, 6.45) is 2.68. The molecule has 0 N–H and O–H groups in total. The van der Waals surface area contributed by atoms with Crippen LogP contribution < -0.4 is 10.5 Å². The first-order valence-electron chi connectivity index (χ1n) is 5.40. The Morgan fingerprint density at radius 3 is 2.94 bits per heavy atom. The van der Waals surface area contributed by atoms with E-state index in [1.54, 1.807) is 13.3 Å². The van der Waals surface area contributed by atoms with Crippen LogP contribution in [0.4, 0.5) is 5.69 Å². The number of aromatic nitrogens is 2. The molecule has 0 aromatic carbocycles. The highest BCUT2D eigenvalue weighted by molar-refractivity contribution is 5.49. The molecule has 0 atom stereocenters. The molecule has 0 fully saturated rings. The Bertz CT molecular complexity index is 417. The van der Waals surface area contributed by atoms with Gasteiger partial charge in [0.05, 0.1) is 25.0 Å². The van der Waals surface area contributed by atoms with E-state index in [-0.39, 0.29) is 5.56 Å². The highest BCUT2D eigenvalue weighted by Gasteiger charge is 2.04. The first-order chi connectivity index (χ1) is 8.19. The molecule has 6 heteroatoms. The van der Waals surface area contributed by atoms with E-state index in [9.17, 15) is 9.59 Å². The van der Waals surface area contributed by atoms with Crippen molar-refractivity contribution in [1.82, 2.24) is 9.78 Å². The minimum absolute atomic E-state index is 0.200. The fourth-order valence-electron chi connectivity index (χ4n) is 1.33. The number of hydrogen-bond acceptors (Lipinski definition) is 5. The number of likely N-dealkylation sites (N-methyl/N-ethyl adjacent to an activating group) is 1. The van der Waals surface area contributed by atoms with E-state index in [0.29, 0.717) is 26.1 Å². The lowest BCUT2D eigenvalue weighted by Crippen LogP contribution is -2.27. The van der Waals surface area contributed by atoms with Crippen molar-refractivity contribution in [2.45, 2.75) is 13.0 Å². The van der Waals surface area contributed by atoms with Gasteiger partial charge >= 0.3 is 0 Å². The van der Waals surface area contributed by atoms with Gasteiger partial charge in [-0.1, -0.05) is 0 Å². The van der Waals surface area contributed by atoms with Gasteiger partial charge in [0.2, 0.25) is 0 Å². The normalized spacial score (nSPS) is 10.2. The molecule has 6 nitrogen and oxygen atoms in total. The summed E-state index contributed by atoms with van der Waals surface area (Å²) in [4.78, 5) is 23.8. The Kier molecular flexibility index (Phi) is 5.35. The second-order valence-corrected chi connectivity index (χ2v) is 3.64. The van der Waals surface area contributed by atoms with Gasteiger partial charge < -0.3 is 14.4 Å². The number of anilines is 1. The monoisotopic (exact) mass is 239 g/mol. The van der Waals surface area contributed by atoms with Crippen molar-refractivity contribution < 1.29 is 9.53 Å². The number of ether oxygens (including phenoxy) is 1. The summed E-state index contributed by atoms with van der Waals surface area (Å²) in [5.41, 5.74) is 0.544. The van der Waals surface area contributed by atoms with E-state index in [1.165, 1.54) is 10.7 Å². The van der Waals surface area contributed by atoms with Crippen molar-refractivity contribution in [3.8, 4) is 0 Å². The average Bonchev–Trinajstić information content (AvgIpc) is 2.34. The number of nitrogens with zero attached hydrogens (tertiary/aromatic N) is 3. The van der Waals surface area contributed by atoms with Crippen molar-refractivity contribution in [3.63, 3.8) is 0 Å². The van der Waals surface area contributed by atoms with Crippen LogP contribution in [0.2, 0.25) is 0 Å². The smallest absolute Gasteiger partial charge is 0.268 e. The summed E-state index contributed by atoms with van der Waals surface area (Å²) in [6, 6.07) is 1.51. The molecule has 0 unspecified atom stereocenters. The molecule has 0 aliphatic heterocycles. The van der Waals surface area contributed by atoms with Crippen LogP contribution in [-0.2, 0) is 16.1 Å². The van der Waals surface area contributed by atoms with E-state index in [4.69, 9.17) is 4.74 Å². The Morgan fingerprint density at radius 2 is 2.35 bits per heavy atom. The van der Waals surface area contributed by atoms with Gasteiger partial charge in [0.15, 0.2) is 0 Å². The molecular formula is C11H17N3O3. The Morgan fingerprint density at radius 1 is 1.59 bits per heavy atom. The molecule has 1 aromatic heterocycles. The van der Waals surface area contributed by atoms with Crippen LogP contribution in [0.25, 0.3) is 0 Å². The summed E-state index contributed by atoms with van der Waals surface area (Å²) >= 11 is 0. The van der Waals surface area contributed by atoms with Crippen LogP contribution in [0.5, 0.6) is 0 Å². The number of aryl methyl sites for hydroxylation is 1. The van der Waals surface area contributed by atoms with E-state index in [1.807, 2.05) is 11.9 Å². The van der Waals surface area contributed by atoms with Gasteiger partial charge in [-0.25, -0.2) is 4.68 Å². The van der Waals surface area contributed by atoms with Crippen LogP contribution in [0, 0.1) is 0 Å². The maximum Gasteiger partial charge on any atom is 0.268 e. The first kappa shape index (κ1) is 13.4. The van der Waals surface area contributed by atoms with Gasteiger partial charge in [-0.2, -0.15) is 5.10 Å². The number of carbonyl (C=O) groups excluding carboxylic acids is 1. The lowest BCUT2D eigenvalue weighted by atomic mass is 10.4. The fourth-order valence-corrected chi connectivity index (χ4v) is 1.33. The van der Waals surface area contributed by atoms with Crippen molar-refractivity contribution in [3.05, 3.63) is 22.6 Å². The molecule has 0 saturated heterocycles. The molecule has 1 heterocycles. The van der Waals surface area contributed by atoms with Crippen LogP contribution in [0.3, 0.4) is 0 Å². The lowest BCUT2D eigenvalue weighted by molar-refractivity contribution is -0.108. The third kappa shape index (κ3) is 3.99. The van der Waals surface area contributed by atoms with Gasteiger partial charge in [0.25, 0.3) is 5.56 Å². The largest absolute Gasteiger partial charge is 0.383 e. The Hall–Kier alpha value is -1.69. The maximum atomic E-state index is 11.7. The first-order valence-corrected chi connectivity index (χ1v) is 5.40. The van der Waals surface area contributed by atoms with Crippen LogP contribution in [0.15, 0.2) is 17.1 Å². The predicted octanol–water partition coefficient (Wildman–Crippen LogP) is -0.0851. The number of carbonyl (C=O) groups is 1. The second-order valence-electron chi connectivity index (χ2n) is 3.64. The van der Waals surface area contributed by atoms with Crippen LogP contribution in [-0.4, -0.2) is 43.4 Å². The molecule has 0 spiro atoms. The maximum absolute atomic E-state index is 11.7. The van der Waals surface area contributed by atoms with Crippen LogP contribution in [0.1, 0.15) is 6.42 Å². The lowest BCUT2D eigenvalue weighted by Gasteiger charge is -2.18. The highest BCUT2D eigenvalue weighted by Crippen LogP contribution is 2.06. The van der Waals surface area contributed by atoms with Gasteiger partial charge in [-0.05, 0) is 0 Å². The number of methoxy groups -OCH3 is 1. The van der Waals surface area contributed by atoms with Gasteiger partial charge in [-0.15, -0.1) is 0 Å². The molecule has 0 bridgehead atoms. The highest BCUT2D eigenvalue weighted by atomic mass is 16.5. The SMILES string of the molecule is COCCN(C)c1cnn(CCC=O)c(=O)c1. The molecule has 0 radical (unpaired) electrons. The van der Waals surface area contributed by atoms with Crippen molar-refractivity contribution in [2.75, 3.05) is 32.2 Å². The molecule has 1 rings (SSSR count). The summed E-state index contributed by atoms with van der Waals surface area (Å²) < 4.78 is 6.24. The predicted molar refractivity (Wildman–Crippen MR) is 64.3 cm³/mol. The van der Waals surface area contributed by atoms with E-state index in [2.05, 4.69) is 5.10 Å². The van der Waals surface area contributed by atoms with Gasteiger partial charge in [0, 0.05) is 33.2 Å². The standard InChI is InChI=1S/C11H17N3O3/c1-13(5-7-17-2)10-8-11(16)14(12-9-10)4-3-6-15/h6,8-9H,3-5,7H2,1-2H3. The van der Waals surface area contributed by atoms with Gasteiger partial charge in [-0.3, -0.25) is 4.79 Å². The van der Waals surface area contributed by atoms with E-state index >= 15 is 0 Å². The van der Waals surface area contributed by atoms with E-state index in [0.717, 1.165) is 12.0 Å². The summed E-state index contributed by atoms with van der Waals surface area (Å²) in [5.74, 6) is 0. The zero-order valence-corrected chi connectivity index (χ0v) is 10.1.